The van der Waals surface area contributed by atoms with Gasteiger partial charge in [0.15, 0.2) is 0 Å². The molecule has 0 aromatic carbocycles. The van der Waals surface area contributed by atoms with Gasteiger partial charge in [0.2, 0.25) is 0 Å². The molecular weight excluding hydrogens is 372 g/mol. The summed E-state index contributed by atoms with van der Waals surface area (Å²) >= 11 is 0. The smallest absolute Gasteiger partial charge is 0.134 e. The van der Waals surface area contributed by atoms with E-state index in [1.807, 2.05) is 14.0 Å². The van der Waals surface area contributed by atoms with Crippen LogP contribution in [-0.4, -0.2) is 24.9 Å². The van der Waals surface area contributed by atoms with Crippen molar-refractivity contribution in [3.63, 3.8) is 0 Å². The predicted molar refractivity (Wildman–Crippen MR) is 124 cm³/mol. The van der Waals surface area contributed by atoms with Gasteiger partial charge in [-0.1, -0.05) is 44.8 Å². The summed E-state index contributed by atoms with van der Waals surface area (Å²) in [6, 6.07) is 0. The number of methoxy groups -OCH3 is 1. The number of hydrogen-bond donors (Lipinski definition) is 1. The maximum Gasteiger partial charge on any atom is 0.134 e. The van der Waals surface area contributed by atoms with Crippen LogP contribution in [0.2, 0.25) is 0 Å². The van der Waals surface area contributed by atoms with Crippen molar-refractivity contribution in [3.8, 4) is 0 Å². The standard InChI is InChI=1S/C27H46O3/c1-6-20-11-12-23(24(14-20)19(4)28)25-16-26(29-5)27(15-22(25)7-2)30-17-21-10-8-9-18(3)13-21/h13,19-25,28H,6-12,14-17H2,1-5H3/t19-,20+,21?,22?,23?,24?,25?/m0/s1. The lowest BCUT2D eigenvalue weighted by Gasteiger charge is -2.46. The maximum absolute atomic E-state index is 10.6. The van der Waals surface area contributed by atoms with Gasteiger partial charge in [-0.15, -0.1) is 0 Å². The number of rotatable bonds is 8. The van der Waals surface area contributed by atoms with Gasteiger partial charge in [0, 0.05) is 18.8 Å². The lowest BCUT2D eigenvalue weighted by molar-refractivity contribution is -0.0122. The molecule has 5 unspecified atom stereocenters. The van der Waals surface area contributed by atoms with E-state index in [9.17, 15) is 5.11 Å². The molecule has 3 heteroatoms. The summed E-state index contributed by atoms with van der Waals surface area (Å²) in [6.07, 6.45) is 14.1. The van der Waals surface area contributed by atoms with E-state index >= 15 is 0 Å². The highest BCUT2D eigenvalue weighted by Gasteiger charge is 2.43. The summed E-state index contributed by atoms with van der Waals surface area (Å²) in [5.74, 6) is 5.78. The highest BCUT2D eigenvalue weighted by molar-refractivity contribution is 5.12. The largest absolute Gasteiger partial charge is 0.498 e. The molecule has 0 bridgehead atoms. The fourth-order valence-corrected chi connectivity index (χ4v) is 6.61. The lowest BCUT2D eigenvalue weighted by Crippen LogP contribution is -2.40. The van der Waals surface area contributed by atoms with Crippen LogP contribution in [0.3, 0.4) is 0 Å². The third kappa shape index (κ3) is 5.64. The molecule has 3 aliphatic rings. The Morgan fingerprint density at radius 3 is 2.50 bits per heavy atom. The molecule has 0 heterocycles. The zero-order valence-electron chi connectivity index (χ0n) is 20.2. The summed E-state index contributed by atoms with van der Waals surface area (Å²) in [7, 11) is 1.81. The van der Waals surface area contributed by atoms with Gasteiger partial charge in [-0.05, 0) is 75.5 Å². The van der Waals surface area contributed by atoms with Gasteiger partial charge >= 0.3 is 0 Å². The molecular formula is C27H46O3. The Kier molecular flexibility index (Phi) is 8.74. The minimum absolute atomic E-state index is 0.212. The first-order chi connectivity index (χ1) is 14.5. The van der Waals surface area contributed by atoms with Gasteiger partial charge < -0.3 is 14.6 Å². The van der Waals surface area contributed by atoms with E-state index in [0.717, 1.165) is 36.9 Å². The first-order valence-corrected chi connectivity index (χ1v) is 12.7. The van der Waals surface area contributed by atoms with Crippen molar-refractivity contribution in [2.24, 2.45) is 35.5 Å². The average molecular weight is 419 g/mol. The van der Waals surface area contributed by atoms with Crippen LogP contribution in [0.25, 0.3) is 0 Å². The second-order valence-electron chi connectivity index (χ2n) is 10.4. The van der Waals surface area contributed by atoms with Crippen LogP contribution in [0.1, 0.15) is 91.9 Å². The van der Waals surface area contributed by atoms with Gasteiger partial charge in [-0.2, -0.15) is 0 Å². The van der Waals surface area contributed by atoms with E-state index in [0.29, 0.717) is 29.6 Å². The van der Waals surface area contributed by atoms with Crippen LogP contribution >= 0.6 is 0 Å². The lowest BCUT2D eigenvalue weighted by atomic mass is 9.61. The van der Waals surface area contributed by atoms with E-state index < -0.39 is 0 Å². The molecule has 7 atom stereocenters. The van der Waals surface area contributed by atoms with Crippen molar-refractivity contribution < 1.29 is 14.6 Å². The Labute approximate surface area is 185 Å². The van der Waals surface area contributed by atoms with Crippen molar-refractivity contribution in [1.29, 1.82) is 0 Å². The summed E-state index contributed by atoms with van der Waals surface area (Å²) in [5.41, 5.74) is 1.51. The highest BCUT2D eigenvalue weighted by Crippen LogP contribution is 2.49. The molecule has 0 aromatic rings. The molecule has 172 valence electrons. The fraction of sp³-hybridized carbons (Fsp3) is 0.852. The SMILES string of the molecule is CCC1CC(OCC2C=C(C)CCC2)=C(OC)CC1C1CC[C@@H](CC)CC1[C@H](C)O. The minimum atomic E-state index is -0.212. The van der Waals surface area contributed by atoms with Crippen LogP contribution in [0, 0.1) is 35.5 Å². The van der Waals surface area contributed by atoms with Gasteiger partial charge in [0.1, 0.15) is 11.5 Å². The quantitative estimate of drug-likeness (QED) is 0.437. The molecule has 1 saturated carbocycles. The van der Waals surface area contributed by atoms with Crippen molar-refractivity contribution >= 4 is 0 Å². The van der Waals surface area contributed by atoms with Crippen molar-refractivity contribution in [2.75, 3.05) is 13.7 Å². The van der Waals surface area contributed by atoms with E-state index in [1.54, 1.807) is 0 Å². The first-order valence-electron chi connectivity index (χ1n) is 12.7. The normalized spacial score (nSPS) is 36.3. The van der Waals surface area contributed by atoms with Crippen molar-refractivity contribution in [2.45, 2.75) is 98.0 Å². The zero-order chi connectivity index (χ0) is 21.7. The molecule has 0 aromatic heterocycles. The van der Waals surface area contributed by atoms with Crippen LogP contribution in [0.4, 0.5) is 0 Å². The summed E-state index contributed by atoms with van der Waals surface area (Å²) in [6.45, 7) is 9.68. The molecule has 0 saturated heterocycles. The van der Waals surface area contributed by atoms with Gasteiger partial charge in [-0.3, -0.25) is 0 Å². The molecule has 0 spiro atoms. The molecule has 0 radical (unpaired) electrons. The van der Waals surface area contributed by atoms with Gasteiger partial charge in [-0.25, -0.2) is 0 Å². The Balaban J connectivity index is 1.72. The third-order valence-electron chi connectivity index (χ3n) is 8.50. The fourth-order valence-electron chi connectivity index (χ4n) is 6.61. The summed E-state index contributed by atoms with van der Waals surface area (Å²) < 4.78 is 12.3. The number of hydrogen-bond acceptors (Lipinski definition) is 3. The highest BCUT2D eigenvalue weighted by atomic mass is 16.5. The Morgan fingerprint density at radius 2 is 1.87 bits per heavy atom. The monoisotopic (exact) mass is 418 g/mol. The van der Waals surface area contributed by atoms with Crippen LogP contribution in [-0.2, 0) is 9.47 Å². The number of aliphatic hydroxyl groups excluding tert-OH is 1. The zero-order valence-corrected chi connectivity index (χ0v) is 20.2. The third-order valence-corrected chi connectivity index (χ3v) is 8.50. The molecule has 3 rings (SSSR count). The van der Waals surface area contributed by atoms with Crippen molar-refractivity contribution in [3.05, 3.63) is 23.2 Å². The molecule has 0 aliphatic heterocycles. The molecule has 30 heavy (non-hydrogen) atoms. The van der Waals surface area contributed by atoms with Gasteiger partial charge in [0.25, 0.3) is 0 Å². The Hall–Kier alpha value is -0.960. The van der Waals surface area contributed by atoms with Gasteiger partial charge in [0.05, 0.1) is 19.8 Å². The molecule has 1 N–H and O–H groups in total. The van der Waals surface area contributed by atoms with E-state index in [4.69, 9.17) is 9.47 Å². The predicted octanol–water partition coefficient (Wildman–Crippen LogP) is 6.87. The maximum atomic E-state index is 10.6. The molecule has 3 nitrogen and oxygen atoms in total. The second kappa shape index (κ2) is 11.1. The van der Waals surface area contributed by atoms with E-state index in [-0.39, 0.29) is 6.10 Å². The summed E-state index contributed by atoms with van der Waals surface area (Å²) in [5, 5.41) is 10.6. The Bertz CT molecular complexity index is 605. The average Bonchev–Trinajstić information content (AvgIpc) is 2.76. The molecule has 1 fully saturated rings. The van der Waals surface area contributed by atoms with E-state index in [2.05, 4.69) is 26.8 Å². The Morgan fingerprint density at radius 1 is 1.07 bits per heavy atom. The topological polar surface area (TPSA) is 38.7 Å². The number of aliphatic hydroxyl groups is 1. The first kappa shape index (κ1) is 23.7. The van der Waals surface area contributed by atoms with Crippen LogP contribution in [0.5, 0.6) is 0 Å². The molecule has 3 aliphatic carbocycles. The minimum Gasteiger partial charge on any atom is -0.498 e. The van der Waals surface area contributed by atoms with Crippen molar-refractivity contribution in [1.82, 2.24) is 0 Å². The molecule has 0 amide bonds. The second-order valence-corrected chi connectivity index (χ2v) is 10.4. The van der Waals surface area contributed by atoms with Crippen LogP contribution in [0.15, 0.2) is 23.2 Å². The van der Waals surface area contributed by atoms with Crippen LogP contribution < -0.4 is 0 Å². The summed E-state index contributed by atoms with van der Waals surface area (Å²) in [4.78, 5) is 0. The van der Waals surface area contributed by atoms with E-state index in [1.165, 1.54) is 56.9 Å². The number of ether oxygens (including phenoxy) is 2. The number of allylic oxidation sites excluding steroid dienone is 3.